The third-order valence-corrected chi connectivity index (χ3v) is 3.21. The largest absolute Gasteiger partial charge is 0.493 e. The summed E-state index contributed by atoms with van der Waals surface area (Å²) in [6, 6.07) is 5.71. The number of benzene rings is 1. The molecule has 23 heavy (non-hydrogen) atoms. The quantitative estimate of drug-likeness (QED) is 0.255. The van der Waals surface area contributed by atoms with E-state index in [1.165, 1.54) is 0 Å². The molecule has 1 aromatic rings. The predicted molar refractivity (Wildman–Crippen MR) is 104 cm³/mol. The second-order valence-electron chi connectivity index (χ2n) is 4.87. The van der Waals surface area contributed by atoms with Gasteiger partial charge in [0.25, 0.3) is 0 Å². The lowest BCUT2D eigenvalue weighted by Crippen LogP contribution is -2.32. The number of nitrogens with one attached hydrogen (secondary N) is 1. The summed E-state index contributed by atoms with van der Waals surface area (Å²) in [5, 5.41) is 3.11. The fourth-order valence-electron chi connectivity index (χ4n) is 1.98. The topological polar surface area (TPSA) is 78.1 Å². The minimum absolute atomic E-state index is 0. The fraction of sp³-hybridized carbons (Fsp3) is 0.562. The van der Waals surface area contributed by atoms with Crippen molar-refractivity contribution in [2.45, 2.75) is 25.8 Å². The van der Waals surface area contributed by atoms with Crippen LogP contribution in [-0.4, -0.2) is 40.4 Å². The molecule has 1 rings (SSSR count). The smallest absolute Gasteiger partial charge is 0.188 e. The van der Waals surface area contributed by atoms with Crippen molar-refractivity contribution in [2.24, 2.45) is 10.7 Å². The van der Waals surface area contributed by atoms with E-state index in [1.54, 1.807) is 21.3 Å². The number of unbranched alkanes of at least 4 members (excludes halogenated alkanes) is 2. The molecule has 0 aliphatic rings. The van der Waals surface area contributed by atoms with Gasteiger partial charge >= 0.3 is 0 Å². The Labute approximate surface area is 155 Å². The van der Waals surface area contributed by atoms with Gasteiger partial charge < -0.3 is 25.3 Å². The zero-order valence-corrected chi connectivity index (χ0v) is 16.5. The average molecular weight is 437 g/mol. The van der Waals surface area contributed by atoms with Crippen LogP contribution in [0.1, 0.15) is 24.8 Å². The molecule has 0 atom stereocenters. The number of ether oxygens (including phenoxy) is 3. The molecule has 0 saturated carbocycles. The number of aliphatic imine (C=N–C) groups is 1. The molecular formula is C16H28IN3O3. The normalized spacial score (nSPS) is 10.8. The predicted octanol–water partition coefficient (Wildman–Crippen LogP) is 2.54. The highest BCUT2D eigenvalue weighted by molar-refractivity contribution is 14.0. The molecule has 0 bridgehead atoms. The van der Waals surface area contributed by atoms with Crippen molar-refractivity contribution in [3.8, 4) is 11.5 Å². The van der Waals surface area contributed by atoms with E-state index < -0.39 is 0 Å². The van der Waals surface area contributed by atoms with Gasteiger partial charge in [-0.25, -0.2) is 4.99 Å². The van der Waals surface area contributed by atoms with Crippen molar-refractivity contribution in [2.75, 3.05) is 34.5 Å². The third-order valence-electron chi connectivity index (χ3n) is 3.21. The van der Waals surface area contributed by atoms with Gasteiger partial charge in [-0.1, -0.05) is 6.07 Å². The Hall–Kier alpha value is -1.22. The van der Waals surface area contributed by atoms with Gasteiger partial charge in [0.1, 0.15) is 0 Å². The van der Waals surface area contributed by atoms with Crippen molar-refractivity contribution >= 4 is 29.9 Å². The van der Waals surface area contributed by atoms with Gasteiger partial charge in [0.2, 0.25) is 0 Å². The lowest BCUT2D eigenvalue weighted by molar-refractivity contribution is 0.192. The number of hydrogen-bond donors (Lipinski definition) is 2. The first-order valence-corrected chi connectivity index (χ1v) is 7.45. The van der Waals surface area contributed by atoms with E-state index in [0.29, 0.717) is 24.0 Å². The SMILES string of the molecule is COCCCCCNC(N)=NCc1ccc(OC)c(OC)c1.I. The van der Waals surface area contributed by atoms with Crippen LogP contribution in [0.25, 0.3) is 0 Å². The molecular weight excluding hydrogens is 409 g/mol. The van der Waals surface area contributed by atoms with Gasteiger partial charge in [-0.05, 0) is 37.0 Å². The van der Waals surface area contributed by atoms with Crippen molar-refractivity contribution in [1.29, 1.82) is 0 Å². The maximum Gasteiger partial charge on any atom is 0.188 e. The number of halogens is 1. The van der Waals surface area contributed by atoms with Gasteiger partial charge in [-0.15, -0.1) is 24.0 Å². The molecule has 132 valence electrons. The molecule has 0 radical (unpaired) electrons. The van der Waals surface area contributed by atoms with Crippen molar-refractivity contribution in [3.63, 3.8) is 0 Å². The van der Waals surface area contributed by atoms with E-state index in [1.807, 2.05) is 18.2 Å². The highest BCUT2D eigenvalue weighted by atomic mass is 127. The zero-order chi connectivity index (χ0) is 16.2. The molecule has 0 saturated heterocycles. The van der Waals surface area contributed by atoms with Crippen LogP contribution in [0, 0.1) is 0 Å². The van der Waals surface area contributed by atoms with Crippen LogP contribution in [0.5, 0.6) is 11.5 Å². The molecule has 7 heteroatoms. The first-order chi connectivity index (χ1) is 10.7. The lowest BCUT2D eigenvalue weighted by Gasteiger charge is -2.09. The van der Waals surface area contributed by atoms with Crippen LogP contribution in [0.4, 0.5) is 0 Å². The molecule has 0 spiro atoms. The zero-order valence-electron chi connectivity index (χ0n) is 14.1. The Morgan fingerprint density at radius 1 is 1.09 bits per heavy atom. The Kier molecular flexibility index (Phi) is 12.5. The van der Waals surface area contributed by atoms with E-state index in [9.17, 15) is 0 Å². The maximum atomic E-state index is 5.85. The Morgan fingerprint density at radius 2 is 1.83 bits per heavy atom. The molecule has 0 aliphatic heterocycles. The summed E-state index contributed by atoms with van der Waals surface area (Å²) in [5.41, 5.74) is 6.86. The minimum atomic E-state index is 0. The monoisotopic (exact) mass is 437 g/mol. The van der Waals surface area contributed by atoms with Crippen LogP contribution in [-0.2, 0) is 11.3 Å². The summed E-state index contributed by atoms with van der Waals surface area (Å²) in [4.78, 5) is 4.32. The second kappa shape index (κ2) is 13.2. The summed E-state index contributed by atoms with van der Waals surface area (Å²) in [6.07, 6.45) is 3.24. The summed E-state index contributed by atoms with van der Waals surface area (Å²) in [7, 11) is 4.95. The van der Waals surface area contributed by atoms with Crippen LogP contribution in [0.15, 0.2) is 23.2 Å². The number of methoxy groups -OCH3 is 3. The Balaban J connectivity index is 0.00000484. The van der Waals surface area contributed by atoms with Crippen molar-refractivity contribution in [3.05, 3.63) is 23.8 Å². The highest BCUT2D eigenvalue weighted by Crippen LogP contribution is 2.27. The highest BCUT2D eigenvalue weighted by Gasteiger charge is 2.04. The fourth-order valence-corrected chi connectivity index (χ4v) is 1.98. The Morgan fingerprint density at radius 3 is 2.48 bits per heavy atom. The first-order valence-electron chi connectivity index (χ1n) is 7.45. The molecule has 0 aliphatic carbocycles. The van der Waals surface area contributed by atoms with Gasteiger partial charge in [-0.3, -0.25) is 0 Å². The van der Waals surface area contributed by atoms with E-state index >= 15 is 0 Å². The van der Waals surface area contributed by atoms with Gasteiger partial charge in [0, 0.05) is 20.3 Å². The van der Waals surface area contributed by atoms with E-state index in [4.69, 9.17) is 19.9 Å². The first kappa shape index (κ1) is 21.8. The summed E-state index contributed by atoms with van der Waals surface area (Å²) in [6.45, 7) is 2.14. The molecule has 0 fully saturated rings. The van der Waals surface area contributed by atoms with Crippen LogP contribution in [0.3, 0.4) is 0 Å². The molecule has 0 unspecified atom stereocenters. The van der Waals surface area contributed by atoms with E-state index in [2.05, 4.69) is 10.3 Å². The van der Waals surface area contributed by atoms with Gasteiger partial charge in [-0.2, -0.15) is 0 Å². The molecule has 3 N–H and O–H groups in total. The maximum absolute atomic E-state index is 5.85. The van der Waals surface area contributed by atoms with Gasteiger partial charge in [0.05, 0.1) is 20.8 Å². The third kappa shape index (κ3) is 8.85. The number of guanidine groups is 1. The molecule has 6 nitrogen and oxygen atoms in total. The number of hydrogen-bond acceptors (Lipinski definition) is 4. The van der Waals surface area contributed by atoms with Crippen LogP contribution >= 0.6 is 24.0 Å². The molecule has 0 aromatic heterocycles. The second-order valence-corrected chi connectivity index (χ2v) is 4.87. The van der Waals surface area contributed by atoms with Crippen molar-refractivity contribution in [1.82, 2.24) is 5.32 Å². The van der Waals surface area contributed by atoms with Crippen LogP contribution < -0.4 is 20.5 Å². The minimum Gasteiger partial charge on any atom is -0.493 e. The molecule has 1 aromatic carbocycles. The average Bonchev–Trinajstić information content (AvgIpc) is 2.55. The van der Waals surface area contributed by atoms with Crippen LogP contribution in [0.2, 0.25) is 0 Å². The number of nitrogens with two attached hydrogens (primary N) is 1. The summed E-state index contributed by atoms with van der Waals surface area (Å²) in [5.74, 6) is 1.86. The standard InChI is InChI=1S/C16H27N3O3.HI/c1-20-10-6-4-5-9-18-16(17)19-12-13-7-8-14(21-2)15(11-13)22-3;/h7-8,11H,4-6,9-10,12H2,1-3H3,(H3,17,18,19);1H. The van der Waals surface area contributed by atoms with E-state index in [-0.39, 0.29) is 24.0 Å². The number of nitrogens with zero attached hydrogens (tertiary/aromatic N) is 1. The molecule has 0 amide bonds. The van der Waals surface area contributed by atoms with Crippen molar-refractivity contribution < 1.29 is 14.2 Å². The Bertz CT molecular complexity index is 470. The number of rotatable bonds is 10. The van der Waals surface area contributed by atoms with E-state index in [0.717, 1.165) is 38.0 Å². The van der Waals surface area contributed by atoms with Gasteiger partial charge in [0.15, 0.2) is 17.5 Å². The summed E-state index contributed by atoms with van der Waals surface area (Å²) >= 11 is 0. The lowest BCUT2D eigenvalue weighted by atomic mass is 10.2. The summed E-state index contributed by atoms with van der Waals surface area (Å²) < 4.78 is 15.5. The molecule has 0 heterocycles.